The van der Waals surface area contributed by atoms with Crippen molar-refractivity contribution in [1.82, 2.24) is 9.13 Å². The van der Waals surface area contributed by atoms with Gasteiger partial charge in [-0.2, -0.15) is 0 Å². The maximum absolute atomic E-state index is 9.93. The predicted molar refractivity (Wildman–Crippen MR) is 449 cm³/mol. The van der Waals surface area contributed by atoms with Crippen LogP contribution in [0.25, 0.3) is 99.5 Å². The Kier molecular flexibility index (Phi) is 9.70. The summed E-state index contributed by atoms with van der Waals surface area (Å²) in [6, 6.07) is 78.5. The number of aromatic nitrogens is 2. The van der Waals surface area contributed by atoms with Crippen LogP contribution in [0, 0.1) is 0 Å². The lowest BCUT2D eigenvalue weighted by atomic mass is 9.34. The molecule has 6 aliphatic rings. The van der Waals surface area contributed by atoms with E-state index in [1.165, 1.54) is 16.3 Å². The summed E-state index contributed by atoms with van der Waals surface area (Å²) in [6.07, 6.45) is 0. The number of nitrogens with zero attached hydrogens (tertiary/aromatic N) is 3. The average molecular weight is 1420 g/mol. The second-order valence-corrected chi connectivity index (χ2v) is 31.1. The smallest absolute Gasteiger partial charge is 0.249 e. The molecule has 2 aliphatic carbocycles. The van der Waals surface area contributed by atoms with Gasteiger partial charge < -0.3 is 23.5 Å². The SMILES string of the molecule is [2H]c1c([2H])c([2H])c2c(c1[2H])c1c([2H])c([2H])c([2H])c([2H])c1n2-c1ccc2c(c1)Sc1cc(C(C)(C)C)cc3c1B2c1ccc(-n2c4c([2H])c([2H])c([2H])c([2H])c4c4c([2H])c([2H])c([2H])c([2H])c42)cc1N3c1c(-c2ccc3c(c2)Oc2ccccc2C32c3ccccc3-c3ccccc32)cccc1-c1ccc2c(c1)Oc1ccccc1C21c2ccccc2-c2ccccc21. The van der Waals surface area contributed by atoms with Gasteiger partial charge in [-0.1, -0.05) is 299 Å². The minimum absolute atomic E-state index is 0.0232. The van der Waals surface area contributed by atoms with Gasteiger partial charge in [0.15, 0.2) is 0 Å². The van der Waals surface area contributed by atoms with E-state index in [0.717, 1.165) is 126 Å². The third-order valence-electron chi connectivity index (χ3n) is 23.8. The maximum atomic E-state index is 9.93. The van der Waals surface area contributed by atoms with Gasteiger partial charge in [0.2, 0.25) is 6.71 Å². The molecule has 5 nitrogen and oxygen atoms in total. The molecule has 109 heavy (non-hydrogen) atoms. The Morgan fingerprint density at radius 1 is 0.339 bits per heavy atom. The molecule has 0 unspecified atom stereocenters. The minimum atomic E-state index is -0.818. The van der Waals surface area contributed by atoms with Crippen molar-refractivity contribution < 1.29 is 31.4 Å². The molecule has 0 saturated heterocycles. The highest BCUT2D eigenvalue weighted by molar-refractivity contribution is 8.00. The summed E-state index contributed by atoms with van der Waals surface area (Å²) in [6.45, 7) is 5.81. The third kappa shape index (κ3) is 8.16. The maximum Gasteiger partial charge on any atom is 0.249 e. The van der Waals surface area contributed by atoms with Crippen molar-refractivity contribution in [3.05, 3.63) is 395 Å². The molecule has 0 amide bonds. The second-order valence-electron chi connectivity index (χ2n) is 30.1. The first kappa shape index (κ1) is 47.5. The van der Waals surface area contributed by atoms with E-state index in [-0.39, 0.29) is 43.6 Å². The molecule has 0 fully saturated rings. The monoisotopic (exact) mass is 1420 g/mol. The van der Waals surface area contributed by atoms with E-state index < -0.39 is 120 Å². The number of hydrogen-bond acceptors (Lipinski definition) is 4. The zero-order valence-electron chi connectivity index (χ0n) is 74.8. The topological polar surface area (TPSA) is 31.6 Å². The molecular formula is C102H66BN3O2S. The number of para-hydroxylation sites is 7. The first-order valence-electron chi connectivity index (χ1n) is 44.7. The van der Waals surface area contributed by atoms with Gasteiger partial charge in [-0.25, -0.2) is 0 Å². The summed E-state index contributed by atoms with van der Waals surface area (Å²) in [7, 11) is 0. The van der Waals surface area contributed by atoms with E-state index in [1.807, 2.05) is 60.7 Å². The summed E-state index contributed by atoms with van der Waals surface area (Å²) < 4.78 is 168. The molecule has 16 aromatic carbocycles. The van der Waals surface area contributed by atoms with Crippen LogP contribution in [0.5, 0.6) is 23.0 Å². The number of fused-ring (bicyclic) bond motifs is 28. The molecule has 18 aromatic rings. The van der Waals surface area contributed by atoms with Crippen LogP contribution in [0.1, 0.15) is 92.8 Å². The lowest BCUT2D eigenvalue weighted by molar-refractivity contribution is 0.436. The zero-order valence-corrected chi connectivity index (χ0v) is 59.6. The first-order chi connectivity index (χ1) is 60.3. The normalized spacial score (nSPS) is 16.5. The second kappa shape index (κ2) is 22.3. The van der Waals surface area contributed by atoms with Crippen molar-refractivity contribution in [2.24, 2.45) is 0 Å². The number of rotatable bonds is 5. The van der Waals surface area contributed by atoms with Crippen LogP contribution in [0.15, 0.2) is 355 Å². The van der Waals surface area contributed by atoms with Crippen molar-refractivity contribution in [3.8, 4) is 78.9 Å². The summed E-state index contributed by atoms with van der Waals surface area (Å²) in [5.41, 5.74) is 19.6. The van der Waals surface area contributed by atoms with Crippen molar-refractivity contribution in [3.63, 3.8) is 0 Å². The largest absolute Gasteiger partial charge is 0.457 e. The Labute approximate surface area is 658 Å². The number of benzene rings is 16. The van der Waals surface area contributed by atoms with Crippen molar-refractivity contribution in [2.45, 2.75) is 46.8 Å². The minimum Gasteiger partial charge on any atom is -0.457 e. The molecular weight excluding hydrogens is 1340 g/mol. The molecule has 2 aromatic heterocycles. The summed E-state index contributed by atoms with van der Waals surface area (Å²) in [5, 5.41) is -0.268. The molecule has 0 saturated carbocycles. The van der Waals surface area contributed by atoms with Crippen LogP contribution in [0.3, 0.4) is 0 Å². The highest BCUT2D eigenvalue weighted by Gasteiger charge is 2.53. The molecule has 0 N–H and O–H groups in total. The van der Waals surface area contributed by atoms with Gasteiger partial charge >= 0.3 is 0 Å². The van der Waals surface area contributed by atoms with Crippen molar-refractivity contribution in [2.75, 3.05) is 4.90 Å². The van der Waals surface area contributed by atoms with Crippen molar-refractivity contribution >= 4 is 95.5 Å². The molecule has 0 bridgehead atoms. The van der Waals surface area contributed by atoms with E-state index >= 15 is 0 Å². The van der Waals surface area contributed by atoms with Gasteiger partial charge in [0.05, 0.1) is 60.5 Å². The Bertz CT molecular complexity index is 7630. The average Bonchev–Trinajstić information content (AvgIpc) is 0.791. The van der Waals surface area contributed by atoms with Crippen LogP contribution < -0.4 is 30.8 Å². The molecule has 6 heterocycles. The van der Waals surface area contributed by atoms with Gasteiger partial charge in [0.1, 0.15) is 23.0 Å². The molecule has 510 valence electrons. The fourth-order valence-corrected chi connectivity index (χ4v) is 20.6. The Morgan fingerprint density at radius 2 is 0.734 bits per heavy atom. The third-order valence-corrected chi connectivity index (χ3v) is 24.9. The molecule has 0 atom stereocenters. The van der Waals surface area contributed by atoms with Crippen LogP contribution in [0.2, 0.25) is 0 Å². The van der Waals surface area contributed by atoms with E-state index in [9.17, 15) is 13.7 Å². The van der Waals surface area contributed by atoms with E-state index in [2.05, 4.69) is 214 Å². The quantitative estimate of drug-likeness (QED) is 0.161. The fraction of sp³-hybridized carbons (Fsp3) is 0.0588. The predicted octanol–water partition coefficient (Wildman–Crippen LogP) is 24.2. The number of ether oxygens (including phenoxy) is 2. The van der Waals surface area contributed by atoms with Crippen LogP contribution >= 0.6 is 11.8 Å². The summed E-state index contributed by atoms with van der Waals surface area (Å²) in [4.78, 5) is 3.88. The van der Waals surface area contributed by atoms with Gasteiger partial charge in [0.25, 0.3) is 0 Å². The molecule has 24 rings (SSSR count). The lowest BCUT2D eigenvalue weighted by Gasteiger charge is -2.43. The van der Waals surface area contributed by atoms with Gasteiger partial charge in [-0.3, -0.25) is 0 Å². The summed E-state index contributed by atoms with van der Waals surface area (Å²) in [5.74, 6) is 2.67. The highest BCUT2D eigenvalue weighted by Crippen LogP contribution is 2.65. The van der Waals surface area contributed by atoms with Crippen LogP contribution in [0.4, 0.5) is 17.1 Å². The Hall–Kier alpha value is -13.1. The molecule has 2 spiro atoms. The zero-order chi connectivity index (χ0) is 85.7. The number of anilines is 3. The van der Waals surface area contributed by atoms with Crippen LogP contribution in [-0.2, 0) is 16.2 Å². The van der Waals surface area contributed by atoms with Gasteiger partial charge in [0, 0.05) is 87.5 Å². The highest BCUT2D eigenvalue weighted by atomic mass is 32.2. The number of hydrogen-bond donors (Lipinski definition) is 0. The standard InChI is InChI=1S/C102H66BN3O2S/c1-100(2,3)63-57-91-98-97(58-63)109-96-60-65(105-88-43-20-10-31-74(88)75-32-11-21-44-89(75)105)50-54-85(96)103(98)84-53-49-64(104-86-41-18-8-29-72(86)73-30-9-19-42-87(73)104)59-90(84)106(91)99-66(61-47-51-82-94(55-61)107-92-45-22-16-39-80(92)101(82)76-35-12-4-25-68(76)69-26-5-13-36-77(69)101)33-24-34-67(99)62-48-52-83-95(56-62)108-93-46-23-17-40-81(93)102(83)78-37-14-6-27-70(78)71-28-7-15-38-79(71)102/h4-60H,1-3H3/i8D,9D,10D,11D,18D,19D,20D,21D,29D,30D,31D,32D,41D,42D,43D,44D. The van der Waals surface area contributed by atoms with E-state index in [0.29, 0.717) is 45.7 Å². The fourth-order valence-electron chi connectivity index (χ4n) is 19.3. The molecule has 7 heteroatoms. The Balaban J connectivity index is 0.821. The van der Waals surface area contributed by atoms with E-state index in [4.69, 9.17) is 17.7 Å². The first-order valence-corrected chi connectivity index (χ1v) is 37.5. The van der Waals surface area contributed by atoms with E-state index in [1.54, 1.807) is 4.57 Å². The molecule has 0 radical (unpaired) electrons. The lowest BCUT2D eigenvalue weighted by Crippen LogP contribution is -2.60. The molecule has 4 aliphatic heterocycles. The van der Waals surface area contributed by atoms with Crippen molar-refractivity contribution in [1.29, 1.82) is 0 Å². The van der Waals surface area contributed by atoms with Gasteiger partial charge in [-0.15, -0.1) is 0 Å². The Morgan fingerprint density at radius 3 is 1.19 bits per heavy atom. The van der Waals surface area contributed by atoms with Crippen LogP contribution in [-0.4, -0.2) is 15.8 Å². The van der Waals surface area contributed by atoms with Gasteiger partial charge in [-0.05, 0) is 162 Å². The summed E-state index contributed by atoms with van der Waals surface area (Å²) >= 11 is 1.51.